The van der Waals surface area contributed by atoms with Gasteiger partial charge in [0, 0.05) is 13.5 Å². The van der Waals surface area contributed by atoms with Crippen molar-refractivity contribution in [1.82, 2.24) is 0 Å². The van der Waals surface area contributed by atoms with Crippen LogP contribution in [0.3, 0.4) is 0 Å². The normalized spacial score (nSPS) is 9.14. The zero-order valence-corrected chi connectivity index (χ0v) is 8.82. The van der Waals surface area contributed by atoms with E-state index in [1.165, 1.54) is 0 Å². The second-order valence-corrected chi connectivity index (χ2v) is 3.15. The molecule has 0 saturated heterocycles. The number of carbonyl (C=O) groups is 2. The topological polar surface area (TPSA) is 83.8 Å². The van der Waals surface area contributed by atoms with E-state index < -0.39 is 11.9 Å². The second-order valence-electron chi connectivity index (χ2n) is 3.15. The van der Waals surface area contributed by atoms with E-state index in [4.69, 9.17) is 19.7 Å². The van der Waals surface area contributed by atoms with Crippen molar-refractivity contribution in [3.8, 4) is 0 Å². The van der Waals surface area contributed by atoms with E-state index in [1.807, 2.05) is 0 Å². The molecular weight excluding hydrogens is 188 g/mol. The van der Waals surface area contributed by atoms with Crippen LogP contribution in [0.2, 0.25) is 0 Å². The van der Waals surface area contributed by atoms with Gasteiger partial charge in [-0.1, -0.05) is 13.8 Å². The Morgan fingerprint density at radius 2 is 1.71 bits per heavy atom. The number of aliphatic carboxylic acids is 2. The molecule has 2 N–H and O–H groups in total. The Labute approximate surface area is 83.7 Å². The van der Waals surface area contributed by atoms with Crippen LogP contribution < -0.4 is 0 Å². The molecule has 0 atom stereocenters. The number of hydrogen-bond acceptors (Lipinski definition) is 3. The van der Waals surface area contributed by atoms with Crippen LogP contribution in [0.25, 0.3) is 0 Å². The smallest absolute Gasteiger partial charge is 0.329 e. The van der Waals surface area contributed by atoms with Gasteiger partial charge in [-0.2, -0.15) is 0 Å². The Hall–Kier alpha value is -1.10. The van der Waals surface area contributed by atoms with Gasteiger partial charge in [0.15, 0.2) is 0 Å². The molecule has 0 unspecified atom stereocenters. The second kappa shape index (κ2) is 9.98. The summed E-state index contributed by atoms with van der Waals surface area (Å²) < 4.78 is 4.81. The minimum absolute atomic E-state index is 0.174. The van der Waals surface area contributed by atoms with Crippen molar-refractivity contribution < 1.29 is 24.5 Å². The van der Waals surface area contributed by atoms with E-state index in [9.17, 15) is 4.79 Å². The third-order valence-corrected chi connectivity index (χ3v) is 1.07. The third kappa shape index (κ3) is 30.7. The lowest BCUT2D eigenvalue weighted by Crippen LogP contribution is -2.08. The van der Waals surface area contributed by atoms with E-state index in [0.717, 1.165) is 13.3 Å². The molecule has 0 rings (SSSR count). The molecule has 0 aromatic rings. The van der Waals surface area contributed by atoms with E-state index in [-0.39, 0.29) is 6.61 Å². The lowest BCUT2D eigenvalue weighted by molar-refractivity contribution is -0.142. The average Bonchev–Trinajstić information content (AvgIpc) is 1.96. The van der Waals surface area contributed by atoms with Crippen LogP contribution in [0.4, 0.5) is 0 Å². The first-order valence-corrected chi connectivity index (χ1v) is 4.35. The summed E-state index contributed by atoms with van der Waals surface area (Å²) in [6, 6.07) is 0. The fraction of sp³-hybridized carbons (Fsp3) is 0.778. The van der Waals surface area contributed by atoms with Crippen LogP contribution in [0.15, 0.2) is 0 Å². The van der Waals surface area contributed by atoms with Gasteiger partial charge in [-0.05, 0) is 12.3 Å². The zero-order chi connectivity index (χ0) is 11.6. The van der Waals surface area contributed by atoms with Crippen molar-refractivity contribution in [2.24, 2.45) is 5.92 Å². The summed E-state index contributed by atoms with van der Waals surface area (Å²) in [7, 11) is 0. The number of hydrogen-bond donors (Lipinski definition) is 2. The first-order chi connectivity index (χ1) is 6.36. The number of carboxylic acid groups (broad SMARTS) is 2. The lowest BCUT2D eigenvalue weighted by Gasteiger charge is -2.02. The van der Waals surface area contributed by atoms with Gasteiger partial charge in [-0.3, -0.25) is 4.79 Å². The minimum atomic E-state index is -0.899. The maximum absolute atomic E-state index is 9.92. The quantitative estimate of drug-likeness (QED) is 0.661. The molecule has 0 aromatic carbocycles. The van der Waals surface area contributed by atoms with Crippen molar-refractivity contribution >= 4 is 11.9 Å². The molecule has 0 amide bonds. The van der Waals surface area contributed by atoms with Crippen LogP contribution in [0, 0.1) is 5.92 Å². The summed E-state index contributed by atoms with van der Waals surface area (Å²) in [6.45, 7) is 5.60. The van der Waals surface area contributed by atoms with E-state index >= 15 is 0 Å². The van der Waals surface area contributed by atoms with Crippen molar-refractivity contribution in [3.05, 3.63) is 0 Å². The summed E-state index contributed by atoms with van der Waals surface area (Å²) in [5.74, 6) is -1.16. The lowest BCUT2D eigenvalue weighted by atomic mass is 10.1. The highest BCUT2D eigenvalue weighted by atomic mass is 16.5. The molecule has 0 heterocycles. The van der Waals surface area contributed by atoms with Gasteiger partial charge < -0.3 is 14.9 Å². The molecular formula is C9H18O5. The van der Waals surface area contributed by atoms with Crippen molar-refractivity contribution in [3.63, 3.8) is 0 Å². The summed E-state index contributed by atoms with van der Waals surface area (Å²) in [4.78, 5) is 18.9. The van der Waals surface area contributed by atoms with Crippen molar-refractivity contribution in [2.45, 2.75) is 27.2 Å². The minimum Gasteiger partial charge on any atom is -0.481 e. The zero-order valence-electron chi connectivity index (χ0n) is 8.82. The molecule has 0 aliphatic heterocycles. The fourth-order valence-corrected chi connectivity index (χ4v) is 0.479. The molecule has 0 aliphatic rings. The monoisotopic (exact) mass is 206 g/mol. The number of ether oxygens (including phenoxy) is 1. The first-order valence-electron chi connectivity index (χ1n) is 4.35. The van der Waals surface area contributed by atoms with Gasteiger partial charge in [0.1, 0.15) is 6.61 Å². The molecule has 5 nitrogen and oxygen atoms in total. The fourth-order valence-electron chi connectivity index (χ4n) is 0.479. The largest absolute Gasteiger partial charge is 0.481 e. The maximum Gasteiger partial charge on any atom is 0.329 e. The van der Waals surface area contributed by atoms with Gasteiger partial charge in [0.05, 0.1) is 0 Å². The van der Waals surface area contributed by atoms with Gasteiger partial charge in [0.2, 0.25) is 0 Å². The maximum atomic E-state index is 9.92. The molecule has 0 aliphatic carbocycles. The molecule has 14 heavy (non-hydrogen) atoms. The summed E-state index contributed by atoms with van der Waals surface area (Å²) in [6.07, 6.45) is 0.924. The van der Waals surface area contributed by atoms with Gasteiger partial charge >= 0.3 is 5.97 Å². The Balaban J connectivity index is 0. The average molecular weight is 206 g/mol. The molecule has 5 heteroatoms. The highest BCUT2D eigenvalue weighted by molar-refractivity contribution is 5.67. The molecule has 0 spiro atoms. The Kier molecular flexibility index (Phi) is 11.0. The predicted molar refractivity (Wildman–Crippen MR) is 51.2 cm³/mol. The molecule has 0 radical (unpaired) electrons. The Morgan fingerprint density at radius 1 is 1.29 bits per heavy atom. The highest BCUT2D eigenvalue weighted by Crippen LogP contribution is 1.98. The number of carboxylic acids is 2. The molecule has 0 aromatic heterocycles. The van der Waals surface area contributed by atoms with Crippen molar-refractivity contribution in [1.29, 1.82) is 0 Å². The Bertz CT molecular complexity index is 161. The van der Waals surface area contributed by atoms with Crippen LogP contribution >= 0.6 is 0 Å². The van der Waals surface area contributed by atoms with E-state index in [2.05, 4.69) is 13.8 Å². The SMILES string of the molecule is CC(=O)O.CC(C)CCOCC(=O)O. The third-order valence-electron chi connectivity index (χ3n) is 1.07. The van der Waals surface area contributed by atoms with Gasteiger partial charge in [-0.15, -0.1) is 0 Å². The first kappa shape index (κ1) is 15.4. The number of rotatable bonds is 5. The predicted octanol–water partition coefficient (Wildman–Crippen LogP) is 1.22. The standard InChI is InChI=1S/C7H14O3.C2H4O2/c1-6(2)3-4-10-5-7(8)9;1-2(3)4/h6H,3-5H2,1-2H3,(H,8,9);1H3,(H,3,4). The Morgan fingerprint density at radius 3 is 2.00 bits per heavy atom. The molecule has 0 saturated carbocycles. The van der Waals surface area contributed by atoms with Crippen LogP contribution in [0.1, 0.15) is 27.2 Å². The van der Waals surface area contributed by atoms with Crippen LogP contribution in [-0.4, -0.2) is 35.4 Å². The van der Waals surface area contributed by atoms with E-state index in [0.29, 0.717) is 12.5 Å². The van der Waals surface area contributed by atoms with Gasteiger partial charge in [-0.25, -0.2) is 4.79 Å². The van der Waals surface area contributed by atoms with E-state index in [1.54, 1.807) is 0 Å². The van der Waals surface area contributed by atoms with Crippen molar-refractivity contribution in [2.75, 3.05) is 13.2 Å². The molecule has 0 bridgehead atoms. The molecule has 84 valence electrons. The van der Waals surface area contributed by atoms with Crippen LogP contribution in [-0.2, 0) is 14.3 Å². The summed E-state index contributed by atoms with van der Waals surface area (Å²) in [5.41, 5.74) is 0. The summed E-state index contributed by atoms with van der Waals surface area (Å²) in [5, 5.41) is 15.6. The summed E-state index contributed by atoms with van der Waals surface area (Å²) >= 11 is 0. The highest BCUT2D eigenvalue weighted by Gasteiger charge is 1.97. The van der Waals surface area contributed by atoms with Gasteiger partial charge in [0.25, 0.3) is 5.97 Å². The molecule has 0 fully saturated rings. The van der Waals surface area contributed by atoms with Crippen LogP contribution in [0.5, 0.6) is 0 Å².